The number of anilines is 1. The van der Waals surface area contributed by atoms with Gasteiger partial charge in [-0.25, -0.2) is 0 Å². The first-order valence-electron chi connectivity index (χ1n) is 6.76. The van der Waals surface area contributed by atoms with Crippen molar-refractivity contribution in [3.8, 4) is 5.75 Å². The third-order valence-electron chi connectivity index (χ3n) is 3.33. The topological polar surface area (TPSA) is 47.3 Å². The Labute approximate surface area is 111 Å². The van der Waals surface area contributed by atoms with Crippen LogP contribution in [0.4, 0.5) is 5.69 Å². The van der Waals surface area contributed by atoms with Gasteiger partial charge in [0.25, 0.3) is 0 Å². The Kier molecular flexibility index (Phi) is 5.99. The molecule has 0 heterocycles. The van der Waals surface area contributed by atoms with Crippen molar-refractivity contribution >= 4 is 5.69 Å². The Morgan fingerprint density at radius 3 is 2.61 bits per heavy atom. The fourth-order valence-electron chi connectivity index (χ4n) is 2.05. The second-order valence-corrected chi connectivity index (χ2v) is 5.05. The molecule has 1 unspecified atom stereocenters. The molecular formula is C15H26N2O. The van der Waals surface area contributed by atoms with Crippen LogP contribution in [0, 0.1) is 0 Å². The van der Waals surface area contributed by atoms with Crippen LogP contribution in [0.25, 0.3) is 0 Å². The standard InChI is InChI=1S/C15H26N2O/c1-4-5-8-11-15(2,12-16)17-13-9-6-7-10-14(13)18-3/h6-7,9-10,17H,4-5,8,11-12,16H2,1-3H3. The molecule has 3 nitrogen and oxygen atoms in total. The van der Waals surface area contributed by atoms with E-state index in [1.54, 1.807) is 7.11 Å². The van der Waals surface area contributed by atoms with Gasteiger partial charge in [-0.15, -0.1) is 0 Å². The Morgan fingerprint density at radius 2 is 2.00 bits per heavy atom. The lowest BCUT2D eigenvalue weighted by molar-refractivity contribution is 0.410. The van der Waals surface area contributed by atoms with Crippen molar-refractivity contribution in [1.82, 2.24) is 0 Å². The van der Waals surface area contributed by atoms with Crippen LogP contribution in [0.2, 0.25) is 0 Å². The van der Waals surface area contributed by atoms with E-state index in [-0.39, 0.29) is 5.54 Å². The molecule has 0 aliphatic rings. The summed E-state index contributed by atoms with van der Waals surface area (Å²) in [7, 11) is 1.69. The molecule has 0 saturated heterocycles. The van der Waals surface area contributed by atoms with E-state index >= 15 is 0 Å². The van der Waals surface area contributed by atoms with Crippen LogP contribution in [0.3, 0.4) is 0 Å². The predicted molar refractivity (Wildman–Crippen MR) is 78.2 cm³/mol. The van der Waals surface area contributed by atoms with Crippen LogP contribution in [0.5, 0.6) is 5.75 Å². The maximum absolute atomic E-state index is 5.93. The number of benzene rings is 1. The molecule has 0 bridgehead atoms. The van der Waals surface area contributed by atoms with Gasteiger partial charge in [0.15, 0.2) is 0 Å². The lowest BCUT2D eigenvalue weighted by atomic mass is 9.94. The number of methoxy groups -OCH3 is 1. The zero-order valence-electron chi connectivity index (χ0n) is 11.8. The van der Waals surface area contributed by atoms with Crippen LogP contribution in [-0.2, 0) is 0 Å². The summed E-state index contributed by atoms with van der Waals surface area (Å²) in [4.78, 5) is 0. The largest absolute Gasteiger partial charge is 0.495 e. The first kappa shape index (κ1) is 14.8. The highest BCUT2D eigenvalue weighted by atomic mass is 16.5. The zero-order chi connectivity index (χ0) is 13.4. The number of rotatable bonds is 8. The van der Waals surface area contributed by atoms with Crippen LogP contribution in [-0.4, -0.2) is 19.2 Å². The number of unbranched alkanes of at least 4 members (excludes halogenated alkanes) is 2. The number of hydrogen-bond acceptors (Lipinski definition) is 3. The van der Waals surface area contributed by atoms with Gasteiger partial charge in [-0.2, -0.15) is 0 Å². The van der Waals surface area contributed by atoms with Gasteiger partial charge < -0.3 is 15.8 Å². The maximum atomic E-state index is 5.93. The van der Waals surface area contributed by atoms with Crippen molar-refractivity contribution in [3.05, 3.63) is 24.3 Å². The third-order valence-corrected chi connectivity index (χ3v) is 3.33. The predicted octanol–water partition coefficient (Wildman–Crippen LogP) is 3.40. The lowest BCUT2D eigenvalue weighted by Crippen LogP contribution is -2.42. The van der Waals surface area contributed by atoms with E-state index in [0.29, 0.717) is 6.54 Å². The van der Waals surface area contributed by atoms with Crippen molar-refractivity contribution in [2.24, 2.45) is 5.73 Å². The molecule has 0 radical (unpaired) electrons. The highest BCUT2D eigenvalue weighted by Gasteiger charge is 2.22. The molecule has 1 aromatic rings. The second kappa shape index (κ2) is 7.27. The summed E-state index contributed by atoms with van der Waals surface area (Å²) in [6.07, 6.45) is 4.76. The molecule has 0 aliphatic heterocycles. The van der Waals surface area contributed by atoms with Gasteiger partial charge in [-0.3, -0.25) is 0 Å². The average Bonchev–Trinajstić information content (AvgIpc) is 2.40. The quantitative estimate of drug-likeness (QED) is 0.695. The van der Waals surface area contributed by atoms with Gasteiger partial charge in [0.05, 0.1) is 12.8 Å². The average molecular weight is 250 g/mol. The smallest absolute Gasteiger partial charge is 0.141 e. The van der Waals surface area contributed by atoms with Gasteiger partial charge in [0, 0.05) is 12.1 Å². The Balaban J connectivity index is 2.71. The molecule has 1 atom stereocenters. The van der Waals surface area contributed by atoms with E-state index in [1.807, 2.05) is 24.3 Å². The van der Waals surface area contributed by atoms with Gasteiger partial charge in [0.1, 0.15) is 5.75 Å². The van der Waals surface area contributed by atoms with Crippen LogP contribution >= 0.6 is 0 Å². The van der Waals surface area contributed by atoms with E-state index in [0.717, 1.165) is 17.9 Å². The number of nitrogens with two attached hydrogens (primary N) is 1. The molecule has 0 amide bonds. The number of ether oxygens (including phenoxy) is 1. The Bertz CT molecular complexity index is 354. The van der Waals surface area contributed by atoms with E-state index in [4.69, 9.17) is 10.5 Å². The maximum Gasteiger partial charge on any atom is 0.141 e. The van der Waals surface area contributed by atoms with Gasteiger partial charge in [-0.05, 0) is 25.5 Å². The lowest BCUT2D eigenvalue weighted by Gasteiger charge is -2.31. The van der Waals surface area contributed by atoms with Crippen molar-refractivity contribution < 1.29 is 4.74 Å². The van der Waals surface area contributed by atoms with Crippen LogP contribution < -0.4 is 15.8 Å². The normalized spacial score (nSPS) is 14.0. The zero-order valence-corrected chi connectivity index (χ0v) is 11.8. The number of para-hydroxylation sites is 2. The highest BCUT2D eigenvalue weighted by molar-refractivity contribution is 5.57. The summed E-state index contributed by atoms with van der Waals surface area (Å²) >= 11 is 0. The number of hydrogen-bond donors (Lipinski definition) is 2. The summed E-state index contributed by atoms with van der Waals surface area (Å²) < 4.78 is 5.36. The summed E-state index contributed by atoms with van der Waals surface area (Å²) in [6.45, 7) is 5.01. The molecule has 0 aliphatic carbocycles. The van der Waals surface area contributed by atoms with Crippen LogP contribution in [0.1, 0.15) is 39.5 Å². The van der Waals surface area contributed by atoms with E-state index in [9.17, 15) is 0 Å². The fourth-order valence-corrected chi connectivity index (χ4v) is 2.05. The molecule has 0 aromatic heterocycles. The Morgan fingerprint density at radius 1 is 1.28 bits per heavy atom. The monoisotopic (exact) mass is 250 g/mol. The molecular weight excluding hydrogens is 224 g/mol. The third kappa shape index (κ3) is 4.22. The molecule has 18 heavy (non-hydrogen) atoms. The second-order valence-electron chi connectivity index (χ2n) is 5.05. The summed E-state index contributed by atoms with van der Waals surface area (Å²) in [5.41, 5.74) is 6.88. The minimum absolute atomic E-state index is 0.0657. The minimum Gasteiger partial charge on any atom is -0.495 e. The summed E-state index contributed by atoms with van der Waals surface area (Å²) in [6, 6.07) is 7.98. The molecule has 1 rings (SSSR count). The van der Waals surface area contributed by atoms with Crippen molar-refractivity contribution in [2.45, 2.75) is 45.1 Å². The van der Waals surface area contributed by atoms with E-state index in [1.165, 1.54) is 19.3 Å². The molecule has 0 saturated carbocycles. The first-order valence-corrected chi connectivity index (χ1v) is 6.76. The fraction of sp³-hybridized carbons (Fsp3) is 0.600. The van der Waals surface area contributed by atoms with Gasteiger partial charge in [-0.1, -0.05) is 38.3 Å². The molecule has 0 fully saturated rings. The van der Waals surface area contributed by atoms with Crippen LogP contribution in [0.15, 0.2) is 24.3 Å². The SMILES string of the molecule is CCCCCC(C)(CN)Nc1ccccc1OC. The van der Waals surface area contributed by atoms with Crippen molar-refractivity contribution in [2.75, 3.05) is 19.0 Å². The molecule has 0 spiro atoms. The van der Waals surface area contributed by atoms with E-state index in [2.05, 4.69) is 19.2 Å². The highest BCUT2D eigenvalue weighted by Crippen LogP contribution is 2.28. The molecule has 102 valence electrons. The number of nitrogens with one attached hydrogen (secondary N) is 1. The van der Waals surface area contributed by atoms with Crippen molar-refractivity contribution in [3.63, 3.8) is 0 Å². The first-order chi connectivity index (χ1) is 8.65. The summed E-state index contributed by atoms with van der Waals surface area (Å²) in [5.74, 6) is 0.868. The van der Waals surface area contributed by atoms with Gasteiger partial charge >= 0.3 is 0 Å². The van der Waals surface area contributed by atoms with Crippen molar-refractivity contribution in [1.29, 1.82) is 0 Å². The minimum atomic E-state index is -0.0657. The Hall–Kier alpha value is -1.22. The van der Waals surface area contributed by atoms with E-state index < -0.39 is 0 Å². The molecule has 1 aromatic carbocycles. The van der Waals surface area contributed by atoms with Gasteiger partial charge in [0.2, 0.25) is 0 Å². The molecule has 3 heteroatoms. The molecule has 3 N–H and O–H groups in total. The summed E-state index contributed by atoms with van der Waals surface area (Å²) in [5, 5.41) is 3.53.